The molecule has 3 rings (SSSR count). The number of hydrogen-bond donors (Lipinski definition) is 0. The molecule has 1 aromatic heterocycles. The smallest absolute Gasteiger partial charge is 0.293 e. The molecule has 0 N–H and O–H groups in total. The molecule has 0 amide bonds. The van der Waals surface area contributed by atoms with E-state index in [1.807, 2.05) is 62.4 Å². The molecule has 4 nitrogen and oxygen atoms in total. The molecule has 3 aromatic rings. The van der Waals surface area contributed by atoms with Crippen LogP contribution in [0.1, 0.15) is 22.3 Å². The lowest BCUT2D eigenvalue weighted by atomic mass is 10.1. The monoisotopic (exact) mass is 338 g/mol. The van der Waals surface area contributed by atoms with E-state index < -0.39 is 17.1 Å². The van der Waals surface area contributed by atoms with E-state index in [0.717, 1.165) is 33.0 Å². The lowest BCUT2D eigenvalue weighted by Crippen LogP contribution is -2.41. The van der Waals surface area contributed by atoms with Crippen LogP contribution in [-0.4, -0.2) is 9.13 Å². The molecule has 0 saturated carbocycles. The summed E-state index contributed by atoms with van der Waals surface area (Å²) in [7, 11) is 0. The first kappa shape index (κ1) is 16.9. The van der Waals surface area contributed by atoms with Gasteiger partial charge >= 0.3 is 5.69 Å². The largest absolute Gasteiger partial charge is 0.331 e. The van der Waals surface area contributed by atoms with Crippen LogP contribution in [0.2, 0.25) is 0 Å². The second-order valence-corrected chi connectivity index (χ2v) is 6.26. The van der Waals surface area contributed by atoms with Gasteiger partial charge < -0.3 is 0 Å². The van der Waals surface area contributed by atoms with Crippen LogP contribution < -0.4 is 11.2 Å². The average Bonchev–Trinajstić information content (AvgIpc) is 2.56. The quantitative estimate of drug-likeness (QED) is 0.734. The summed E-state index contributed by atoms with van der Waals surface area (Å²) < 4.78 is 16.3. The van der Waals surface area contributed by atoms with Crippen molar-refractivity contribution in [3.63, 3.8) is 0 Å². The summed E-state index contributed by atoms with van der Waals surface area (Å²) in [4.78, 5) is 24.8. The molecule has 0 aliphatic rings. The molecule has 0 spiro atoms. The maximum absolute atomic E-state index is 14.1. The number of aryl methyl sites for hydroxylation is 2. The van der Waals surface area contributed by atoms with E-state index in [-0.39, 0.29) is 13.1 Å². The van der Waals surface area contributed by atoms with Gasteiger partial charge in [-0.05, 0) is 25.0 Å². The molecule has 2 aromatic carbocycles. The van der Waals surface area contributed by atoms with E-state index in [2.05, 4.69) is 0 Å². The van der Waals surface area contributed by atoms with Gasteiger partial charge in [-0.2, -0.15) is 4.39 Å². The van der Waals surface area contributed by atoms with E-state index in [9.17, 15) is 14.0 Å². The molecule has 0 saturated heterocycles. The summed E-state index contributed by atoms with van der Waals surface area (Å²) in [5, 5.41) is 0. The van der Waals surface area contributed by atoms with Crippen LogP contribution in [0, 0.1) is 19.7 Å². The SMILES string of the molecule is Cc1cc(C)cc(Cn2c(=O)c(F)cn(Cc3ccccc3)c2=O)c1. The fourth-order valence-corrected chi connectivity index (χ4v) is 2.99. The molecule has 0 atom stereocenters. The molecule has 0 radical (unpaired) electrons. The lowest BCUT2D eigenvalue weighted by molar-refractivity contribution is 0.518. The van der Waals surface area contributed by atoms with Gasteiger partial charge in [-0.1, -0.05) is 59.7 Å². The molecule has 128 valence electrons. The minimum atomic E-state index is -0.931. The molecular formula is C20H19FN2O2. The van der Waals surface area contributed by atoms with Crippen LogP contribution in [0.25, 0.3) is 0 Å². The van der Waals surface area contributed by atoms with Gasteiger partial charge in [-0.15, -0.1) is 0 Å². The number of benzene rings is 2. The van der Waals surface area contributed by atoms with Crippen molar-refractivity contribution < 1.29 is 4.39 Å². The van der Waals surface area contributed by atoms with E-state index in [0.29, 0.717) is 0 Å². The summed E-state index contributed by atoms with van der Waals surface area (Å²) in [6.45, 7) is 4.15. The highest BCUT2D eigenvalue weighted by Crippen LogP contribution is 2.09. The molecular weight excluding hydrogens is 319 g/mol. The predicted molar refractivity (Wildman–Crippen MR) is 95.5 cm³/mol. The van der Waals surface area contributed by atoms with Crippen molar-refractivity contribution in [2.75, 3.05) is 0 Å². The Labute approximate surface area is 144 Å². The van der Waals surface area contributed by atoms with Gasteiger partial charge in [0.05, 0.1) is 19.3 Å². The summed E-state index contributed by atoms with van der Waals surface area (Å²) >= 11 is 0. The second-order valence-electron chi connectivity index (χ2n) is 6.26. The summed E-state index contributed by atoms with van der Waals surface area (Å²) in [6.07, 6.45) is 0.982. The third-order valence-corrected chi connectivity index (χ3v) is 4.01. The summed E-state index contributed by atoms with van der Waals surface area (Å²) in [6, 6.07) is 15.1. The zero-order valence-electron chi connectivity index (χ0n) is 14.2. The Kier molecular flexibility index (Phi) is 4.65. The summed E-state index contributed by atoms with van der Waals surface area (Å²) in [5.41, 5.74) is 2.31. The fraction of sp³-hybridized carbons (Fsp3) is 0.200. The van der Waals surface area contributed by atoms with Crippen LogP contribution >= 0.6 is 0 Å². The molecule has 1 heterocycles. The standard InChI is InChI=1S/C20H19FN2O2/c1-14-8-15(2)10-17(9-14)12-23-19(24)18(21)13-22(20(23)25)11-16-6-4-3-5-7-16/h3-10,13H,11-12H2,1-2H3. The van der Waals surface area contributed by atoms with Crippen molar-refractivity contribution in [2.45, 2.75) is 26.9 Å². The van der Waals surface area contributed by atoms with Crippen LogP contribution in [0.5, 0.6) is 0 Å². The zero-order chi connectivity index (χ0) is 18.0. The Morgan fingerprint density at radius 3 is 2.16 bits per heavy atom. The zero-order valence-corrected chi connectivity index (χ0v) is 14.2. The minimum Gasteiger partial charge on any atom is -0.293 e. The molecule has 5 heteroatoms. The van der Waals surface area contributed by atoms with Crippen LogP contribution in [-0.2, 0) is 13.1 Å². The second kappa shape index (κ2) is 6.89. The van der Waals surface area contributed by atoms with E-state index >= 15 is 0 Å². The molecule has 25 heavy (non-hydrogen) atoms. The maximum atomic E-state index is 14.1. The minimum absolute atomic E-state index is 0.0483. The number of hydrogen-bond acceptors (Lipinski definition) is 2. The molecule has 0 bridgehead atoms. The summed E-state index contributed by atoms with van der Waals surface area (Å²) in [5.74, 6) is -0.931. The molecule has 0 aliphatic carbocycles. The molecule has 0 fully saturated rings. The van der Waals surface area contributed by atoms with Gasteiger partial charge in [0.2, 0.25) is 5.82 Å². The third-order valence-electron chi connectivity index (χ3n) is 4.01. The highest BCUT2D eigenvalue weighted by Gasteiger charge is 2.12. The van der Waals surface area contributed by atoms with Crippen molar-refractivity contribution >= 4 is 0 Å². The van der Waals surface area contributed by atoms with E-state index in [1.165, 1.54) is 4.57 Å². The Hall–Kier alpha value is -2.95. The Balaban J connectivity index is 2.04. The topological polar surface area (TPSA) is 44.0 Å². The Bertz CT molecular complexity index is 1000. The fourth-order valence-electron chi connectivity index (χ4n) is 2.99. The van der Waals surface area contributed by atoms with Gasteiger partial charge in [-0.3, -0.25) is 13.9 Å². The number of nitrogens with zero attached hydrogens (tertiary/aromatic N) is 2. The van der Waals surface area contributed by atoms with E-state index in [1.54, 1.807) is 0 Å². The van der Waals surface area contributed by atoms with Crippen molar-refractivity contribution in [3.05, 3.63) is 104 Å². The Morgan fingerprint density at radius 1 is 0.880 bits per heavy atom. The number of halogens is 1. The van der Waals surface area contributed by atoms with Crippen molar-refractivity contribution in [2.24, 2.45) is 0 Å². The third kappa shape index (κ3) is 3.76. The van der Waals surface area contributed by atoms with Crippen molar-refractivity contribution in [1.29, 1.82) is 0 Å². The van der Waals surface area contributed by atoms with Crippen molar-refractivity contribution in [1.82, 2.24) is 9.13 Å². The van der Waals surface area contributed by atoms with Gasteiger partial charge in [-0.25, -0.2) is 4.79 Å². The normalized spacial score (nSPS) is 10.8. The Morgan fingerprint density at radius 2 is 1.52 bits per heavy atom. The first-order chi connectivity index (χ1) is 11.9. The van der Waals surface area contributed by atoms with Gasteiger partial charge in [0.15, 0.2) is 0 Å². The lowest BCUT2D eigenvalue weighted by Gasteiger charge is -2.12. The number of aromatic nitrogens is 2. The first-order valence-corrected chi connectivity index (χ1v) is 8.05. The average molecular weight is 338 g/mol. The van der Waals surface area contributed by atoms with Gasteiger partial charge in [0.1, 0.15) is 0 Å². The molecule has 0 unspecified atom stereocenters. The first-order valence-electron chi connectivity index (χ1n) is 8.05. The van der Waals surface area contributed by atoms with Gasteiger partial charge in [0, 0.05) is 0 Å². The highest BCUT2D eigenvalue weighted by molar-refractivity contribution is 5.28. The molecule has 0 aliphatic heterocycles. The predicted octanol–water partition coefficient (Wildman–Crippen LogP) is 2.86. The van der Waals surface area contributed by atoms with Crippen LogP contribution in [0.15, 0.2) is 64.3 Å². The maximum Gasteiger partial charge on any atom is 0.331 e. The highest BCUT2D eigenvalue weighted by atomic mass is 19.1. The van der Waals surface area contributed by atoms with E-state index in [4.69, 9.17) is 0 Å². The van der Waals surface area contributed by atoms with Crippen LogP contribution in [0.3, 0.4) is 0 Å². The van der Waals surface area contributed by atoms with Crippen LogP contribution in [0.4, 0.5) is 4.39 Å². The van der Waals surface area contributed by atoms with Crippen molar-refractivity contribution in [3.8, 4) is 0 Å². The van der Waals surface area contributed by atoms with Gasteiger partial charge in [0.25, 0.3) is 5.56 Å². The number of rotatable bonds is 4.